The summed E-state index contributed by atoms with van der Waals surface area (Å²) in [5.74, 6) is -0.425. The van der Waals surface area contributed by atoms with Crippen molar-refractivity contribution in [3.8, 4) is 11.3 Å². The molecule has 0 spiro atoms. The minimum absolute atomic E-state index is 0.246. The number of hydrogen-bond acceptors (Lipinski definition) is 3. The van der Waals surface area contributed by atoms with Gasteiger partial charge >= 0.3 is 0 Å². The van der Waals surface area contributed by atoms with Crippen LogP contribution in [0.2, 0.25) is 15.1 Å². The number of halogens is 3. The van der Waals surface area contributed by atoms with E-state index in [1.54, 1.807) is 48.5 Å². The van der Waals surface area contributed by atoms with Crippen molar-refractivity contribution in [1.82, 2.24) is 9.78 Å². The quantitative estimate of drug-likeness (QED) is 0.691. The number of hydrogen-bond donors (Lipinski definition) is 1. The van der Waals surface area contributed by atoms with Gasteiger partial charge in [0.1, 0.15) is 6.54 Å². The first-order valence-electron chi connectivity index (χ1n) is 7.51. The van der Waals surface area contributed by atoms with Crippen molar-refractivity contribution < 1.29 is 4.79 Å². The van der Waals surface area contributed by atoms with E-state index in [1.165, 1.54) is 6.07 Å². The summed E-state index contributed by atoms with van der Waals surface area (Å²) >= 11 is 17.7. The summed E-state index contributed by atoms with van der Waals surface area (Å²) in [4.78, 5) is 24.2. The van der Waals surface area contributed by atoms with Crippen LogP contribution in [0.1, 0.15) is 0 Å². The number of amides is 1. The molecule has 3 aromatic rings. The monoisotopic (exact) mass is 407 g/mol. The number of nitrogens with one attached hydrogen (secondary N) is 1. The fourth-order valence-electron chi connectivity index (χ4n) is 2.30. The Bertz CT molecular complexity index is 997. The Balaban J connectivity index is 1.80. The molecule has 26 heavy (non-hydrogen) atoms. The molecule has 1 N–H and O–H groups in total. The fraction of sp³-hybridized carbons (Fsp3) is 0.0556. The van der Waals surface area contributed by atoms with Crippen LogP contribution in [0.15, 0.2) is 59.4 Å². The molecule has 0 aliphatic heterocycles. The lowest BCUT2D eigenvalue weighted by Gasteiger charge is -2.09. The highest BCUT2D eigenvalue weighted by molar-refractivity contribution is 6.35. The Morgan fingerprint density at radius 1 is 0.923 bits per heavy atom. The van der Waals surface area contributed by atoms with E-state index in [0.29, 0.717) is 26.4 Å². The van der Waals surface area contributed by atoms with E-state index >= 15 is 0 Å². The van der Waals surface area contributed by atoms with Gasteiger partial charge in [0.05, 0.1) is 5.69 Å². The fourth-order valence-corrected chi connectivity index (χ4v) is 2.95. The van der Waals surface area contributed by atoms with Crippen LogP contribution < -0.4 is 10.9 Å². The molecule has 132 valence electrons. The molecule has 8 heteroatoms. The predicted octanol–water partition coefficient (Wildman–Crippen LogP) is 4.51. The number of rotatable bonds is 4. The highest BCUT2D eigenvalue weighted by atomic mass is 35.5. The third-order valence-electron chi connectivity index (χ3n) is 3.45. The van der Waals surface area contributed by atoms with Crippen LogP contribution >= 0.6 is 34.8 Å². The number of anilines is 1. The molecular weight excluding hydrogens is 397 g/mol. The van der Waals surface area contributed by atoms with Gasteiger partial charge in [-0.2, -0.15) is 5.10 Å². The van der Waals surface area contributed by atoms with Gasteiger partial charge in [0, 0.05) is 32.4 Å². The largest absolute Gasteiger partial charge is 0.324 e. The maximum atomic E-state index is 12.2. The molecule has 0 atom stereocenters. The van der Waals surface area contributed by atoms with Crippen LogP contribution in [0.3, 0.4) is 0 Å². The van der Waals surface area contributed by atoms with Gasteiger partial charge in [0.15, 0.2) is 0 Å². The van der Waals surface area contributed by atoms with Gasteiger partial charge in [-0.05, 0) is 36.4 Å². The molecule has 0 saturated carbocycles. The van der Waals surface area contributed by atoms with E-state index < -0.39 is 5.91 Å². The molecule has 0 unspecified atom stereocenters. The van der Waals surface area contributed by atoms with Crippen molar-refractivity contribution in [3.63, 3.8) is 0 Å². The van der Waals surface area contributed by atoms with Gasteiger partial charge in [-0.3, -0.25) is 9.59 Å². The number of nitrogens with zero attached hydrogens (tertiary/aromatic N) is 2. The lowest BCUT2D eigenvalue weighted by Crippen LogP contribution is -2.29. The highest BCUT2D eigenvalue weighted by Gasteiger charge is 2.09. The van der Waals surface area contributed by atoms with E-state index in [-0.39, 0.29) is 12.1 Å². The normalized spacial score (nSPS) is 10.6. The maximum absolute atomic E-state index is 12.2. The first-order chi connectivity index (χ1) is 12.4. The second-order valence-corrected chi connectivity index (χ2v) is 6.74. The lowest BCUT2D eigenvalue weighted by atomic mass is 10.1. The first kappa shape index (κ1) is 18.5. The van der Waals surface area contributed by atoms with Crippen molar-refractivity contribution in [2.45, 2.75) is 6.54 Å². The van der Waals surface area contributed by atoms with Crippen molar-refractivity contribution in [1.29, 1.82) is 0 Å². The van der Waals surface area contributed by atoms with Gasteiger partial charge in [-0.15, -0.1) is 0 Å². The third kappa shape index (κ3) is 4.64. The minimum Gasteiger partial charge on any atom is -0.324 e. The second-order valence-electron chi connectivity index (χ2n) is 5.43. The molecule has 1 amide bonds. The molecule has 0 saturated heterocycles. The molecule has 5 nitrogen and oxygen atoms in total. The Hall–Kier alpha value is -2.34. The minimum atomic E-state index is -0.425. The summed E-state index contributed by atoms with van der Waals surface area (Å²) in [5.41, 5.74) is 1.39. The van der Waals surface area contributed by atoms with Crippen molar-refractivity contribution >= 4 is 46.4 Å². The van der Waals surface area contributed by atoms with Crippen LogP contribution in [-0.2, 0) is 11.3 Å². The van der Waals surface area contributed by atoms with E-state index in [0.717, 1.165) is 10.2 Å². The lowest BCUT2D eigenvalue weighted by molar-refractivity contribution is -0.117. The molecule has 3 rings (SSSR count). The summed E-state index contributed by atoms with van der Waals surface area (Å²) in [6.45, 7) is -0.246. The zero-order valence-corrected chi connectivity index (χ0v) is 15.5. The summed E-state index contributed by atoms with van der Waals surface area (Å²) in [5, 5.41) is 8.27. The topological polar surface area (TPSA) is 64.0 Å². The van der Waals surface area contributed by atoms with E-state index in [4.69, 9.17) is 34.8 Å². The van der Waals surface area contributed by atoms with Crippen LogP contribution in [0.4, 0.5) is 5.69 Å². The third-order valence-corrected chi connectivity index (χ3v) is 4.13. The molecule has 1 aromatic heterocycles. The van der Waals surface area contributed by atoms with Crippen LogP contribution in [0.25, 0.3) is 11.3 Å². The number of benzene rings is 2. The molecule has 1 heterocycles. The summed E-state index contributed by atoms with van der Waals surface area (Å²) < 4.78 is 1.09. The highest BCUT2D eigenvalue weighted by Crippen LogP contribution is 2.22. The van der Waals surface area contributed by atoms with Crippen molar-refractivity contribution in [3.05, 3.63) is 80.0 Å². The number of carbonyl (C=O) groups excluding carboxylic acids is 1. The van der Waals surface area contributed by atoms with Crippen molar-refractivity contribution in [2.24, 2.45) is 0 Å². The zero-order chi connectivity index (χ0) is 18.7. The van der Waals surface area contributed by atoms with Crippen molar-refractivity contribution in [2.75, 3.05) is 5.32 Å². The average molecular weight is 409 g/mol. The molecule has 2 aromatic carbocycles. The van der Waals surface area contributed by atoms with Gasteiger partial charge < -0.3 is 5.32 Å². The molecule has 0 bridgehead atoms. The Kier molecular flexibility index (Phi) is 5.61. The summed E-state index contributed by atoms with van der Waals surface area (Å²) in [6.07, 6.45) is 0. The molecule has 0 fully saturated rings. The van der Waals surface area contributed by atoms with E-state index in [9.17, 15) is 9.59 Å². The molecule has 0 aliphatic carbocycles. The van der Waals surface area contributed by atoms with E-state index in [1.807, 2.05) is 0 Å². The number of carbonyl (C=O) groups is 1. The molecule has 0 radical (unpaired) electrons. The molecular formula is C18H12Cl3N3O2. The smallest absolute Gasteiger partial charge is 0.267 e. The SMILES string of the molecule is O=C(Cn1nc(-c2ccc(Cl)cc2)ccc1=O)Nc1cc(Cl)cc(Cl)c1. The summed E-state index contributed by atoms with van der Waals surface area (Å²) in [7, 11) is 0. The first-order valence-corrected chi connectivity index (χ1v) is 8.64. The Morgan fingerprint density at radius 2 is 1.58 bits per heavy atom. The Labute approximate surface area is 164 Å². The Morgan fingerprint density at radius 3 is 2.23 bits per heavy atom. The second kappa shape index (κ2) is 7.91. The standard InChI is InChI=1S/C18H12Cl3N3O2/c19-12-3-1-11(2-4-12)16-5-6-18(26)24(23-16)10-17(25)22-15-8-13(20)7-14(21)9-15/h1-9H,10H2,(H,22,25). The van der Waals surface area contributed by atoms with E-state index in [2.05, 4.69) is 10.4 Å². The number of aromatic nitrogens is 2. The van der Waals surface area contributed by atoms with Gasteiger partial charge in [0.2, 0.25) is 5.91 Å². The van der Waals surface area contributed by atoms with Crippen LogP contribution in [0.5, 0.6) is 0 Å². The maximum Gasteiger partial charge on any atom is 0.267 e. The van der Waals surface area contributed by atoms with Gasteiger partial charge in [-0.1, -0.05) is 46.9 Å². The van der Waals surface area contributed by atoms with Crippen LogP contribution in [0, 0.1) is 0 Å². The van der Waals surface area contributed by atoms with Gasteiger partial charge in [-0.25, -0.2) is 4.68 Å². The predicted molar refractivity (Wildman–Crippen MR) is 104 cm³/mol. The zero-order valence-electron chi connectivity index (χ0n) is 13.2. The van der Waals surface area contributed by atoms with Crippen LogP contribution in [-0.4, -0.2) is 15.7 Å². The van der Waals surface area contributed by atoms with Gasteiger partial charge in [0.25, 0.3) is 5.56 Å². The molecule has 0 aliphatic rings. The summed E-state index contributed by atoms with van der Waals surface area (Å²) in [6, 6.07) is 14.7. The average Bonchev–Trinajstić information content (AvgIpc) is 2.56.